The van der Waals surface area contributed by atoms with Crippen molar-refractivity contribution in [3.05, 3.63) is 57.4 Å². The molecule has 0 spiro atoms. The van der Waals surface area contributed by atoms with Gasteiger partial charge in [0, 0.05) is 89.5 Å². The number of esters is 3. The van der Waals surface area contributed by atoms with E-state index in [1.54, 1.807) is 66.9 Å². The predicted molar refractivity (Wildman–Crippen MR) is 312 cm³/mol. The first-order valence-electron chi connectivity index (χ1n) is 28.9. The number of H-pyrrole nitrogens is 2. The number of aromatic nitrogens is 5. The number of amides is 1. The molecule has 5 N–H and O–H groups in total. The molecule has 6 rings (SSSR count). The van der Waals surface area contributed by atoms with E-state index in [0.717, 1.165) is 81.3 Å². The number of hydrogen-bond donors (Lipinski definition) is 5. The summed E-state index contributed by atoms with van der Waals surface area (Å²) >= 11 is 0. The van der Waals surface area contributed by atoms with Crippen LogP contribution < -0.4 is 5.32 Å². The van der Waals surface area contributed by atoms with Crippen LogP contribution in [0.4, 0.5) is 0 Å². The Morgan fingerprint density at radius 2 is 1.24 bits per heavy atom. The zero-order valence-electron chi connectivity index (χ0n) is 50.6. The Balaban J connectivity index is 1.56. The third kappa shape index (κ3) is 15.2. The zero-order chi connectivity index (χ0) is 58.5. The van der Waals surface area contributed by atoms with E-state index in [2.05, 4.69) is 75.9 Å². The smallest absolute Gasteiger partial charge is 0.306 e. The summed E-state index contributed by atoms with van der Waals surface area (Å²) < 4.78 is 25.2. The lowest BCUT2D eigenvalue weighted by atomic mass is 9.82. The second kappa shape index (κ2) is 25.1. The van der Waals surface area contributed by atoms with Gasteiger partial charge in [0.15, 0.2) is 0 Å². The Labute approximate surface area is 468 Å². The summed E-state index contributed by atoms with van der Waals surface area (Å²) in [6, 6.07) is 6.25. The second-order valence-electron chi connectivity index (χ2n) is 25.0. The van der Waals surface area contributed by atoms with Crippen molar-refractivity contribution in [1.29, 1.82) is 0 Å². The first-order valence-corrected chi connectivity index (χ1v) is 28.9. The molecule has 0 aromatic carbocycles. The fourth-order valence-electron chi connectivity index (χ4n) is 11.1. The highest BCUT2D eigenvalue weighted by Crippen LogP contribution is 2.50. The number of carbonyl (C=O) groups is 4. The minimum atomic E-state index is -1.24. The summed E-state index contributed by atoms with van der Waals surface area (Å²) in [6.07, 6.45) is 4.06. The highest BCUT2D eigenvalue weighted by molar-refractivity contribution is 5.96. The molecule has 0 fully saturated rings. The number of aromatic amines is 2. The number of carbonyl (C=O) groups excluding carboxylic acids is 4. The molecule has 0 saturated heterocycles. The molecule has 0 aliphatic carbocycles. The summed E-state index contributed by atoms with van der Waals surface area (Å²) in [5, 5.41) is 28.5. The van der Waals surface area contributed by atoms with Crippen molar-refractivity contribution < 1.29 is 48.3 Å². The number of hydrogen-bond acceptors (Lipinski definition) is 12. The first kappa shape index (κ1) is 62.0. The van der Waals surface area contributed by atoms with Gasteiger partial charge in [-0.3, -0.25) is 28.7 Å². The standard InChI is InChI=1S/C63H92N6O10/c1-18-21-31-69-58(74)54-39(7)46-34-47-41(20-3)36(4)43(64-47)35-48-53(40(8)76-32-22-19-2)38(6)45(65-48)33-44-37(5)42(56(66-44)55(59(69)75)57(54)67-46)23-24-49(70)68-63(28-25-50(71)77-60(9,10)11,29-26-51(72)78-61(12,13)14)30-27-52(73)79-62(15,16)17/h33-35,37,40,42,64-65,74-75H,18-32H2,1-17H3,(H,68,70)/t37-,40?,42-/m0/s1. The topological polar surface area (TPSA) is 220 Å². The molecule has 0 radical (unpaired) electrons. The largest absolute Gasteiger partial charge is 0.494 e. The normalized spacial score (nSPS) is 15.2. The second-order valence-corrected chi connectivity index (χ2v) is 25.0. The Morgan fingerprint density at radius 3 is 1.77 bits per heavy atom. The Bertz CT molecular complexity index is 3020. The molecule has 1 unspecified atom stereocenters. The van der Waals surface area contributed by atoms with Crippen LogP contribution in [-0.4, -0.2) is 87.5 Å². The van der Waals surface area contributed by atoms with Crippen LogP contribution in [0.2, 0.25) is 0 Å². The lowest BCUT2D eigenvalue weighted by Gasteiger charge is -2.36. The number of ether oxygens (including phenoxy) is 4. The number of nitrogens with zero attached hydrogens (tertiary/aromatic N) is 3. The van der Waals surface area contributed by atoms with Gasteiger partial charge >= 0.3 is 17.9 Å². The molecule has 16 heteroatoms. The average molecular weight is 1090 g/mol. The third-order valence-electron chi connectivity index (χ3n) is 15.2. The molecule has 6 heterocycles. The SMILES string of the molecule is CCCCOC(C)c1c(C)c2cc3nc(c4c5nc(cc6[nH]c(cc1[nH]2)c(C)c6CC)c(C)c-5c(O)n(CCCC)c4O)[C@@H](CCC(=O)NC(CCC(=O)OC(C)(C)C)(CCC(=O)OC(C)(C)C)CCC(=O)OC(C)(C)C)[C@@H]3C. The van der Waals surface area contributed by atoms with Gasteiger partial charge in [-0.05, 0) is 175 Å². The lowest BCUT2D eigenvalue weighted by molar-refractivity contribution is -0.155. The maximum absolute atomic E-state index is 14.9. The number of aryl methyl sites for hydroxylation is 4. The van der Waals surface area contributed by atoms with Crippen LogP contribution in [0.25, 0.3) is 44.2 Å². The van der Waals surface area contributed by atoms with Crippen LogP contribution in [0.15, 0.2) is 18.2 Å². The molecular formula is C63H92N6O10. The van der Waals surface area contributed by atoms with E-state index in [0.29, 0.717) is 47.4 Å². The molecule has 434 valence electrons. The van der Waals surface area contributed by atoms with Gasteiger partial charge in [0.25, 0.3) is 0 Å². The summed E-state index contributed by atoms with van der Waals surface area (Å²) in [5.41, 5.74) is 7.85. The van der Waals surface area contributed by atoms with Crippen molar-refractivity contribution >= 4 is 56.8 Å². The molecular weight excluding hydrogens is 1000 g/mol. The maximum Gasteiger partial charge on any atom is 0.306 e. The highest BCUT2D eigenvalue weighted by atomic mass is 16.6. The van der Waals surface area contributed by atoms with E-state index in [1.807, 2.05) is 13.0 Å². The van der Waals surface area contributed by atoms with Crippen molar-refractivity contribution in [3.63, 3.8) is 0 Å². The van der Waals surface area contributed by atoms with Crippen molar-refractivity contribution in [2.24, 2.45) is 0 Å². The number of rotatable bonds is 22. The monoisotopic (exact) mass is 1090 g/mol. The van der Waals surface area contributed by atoms with Gasteiger partial charge in [0.1, 0.15) is 16.8 Å². The molecule has 3 aromatic heterocycles. The molecule has 8 bridgehead atoms. The molecule has 79 heavy (non-hydrogen) atoms. The van der Waals surface area contributed by atoms with E-state index in [9.17, 15) is 29.4 Å². The quantitative estimate of drug-likeness (QED) is 0.0248. The van der Waals surface area contributed by atoms with Crippen LogP contribution in [0.1, 0.15) is 231 Å². The predicted octanol–water partition coefficient (Wildman–Crippen LogP) is 14.0. The fraction of sp³-hybridized carbons (Fsp3) is 0.619. The number of pyridine rings is 1. The number of unbranched alkanes of at least 4 members (excludes halogenated alkanes) is 2. The van der Waals surface area contributed by atoms with Gasteiger partial charge < -0.3 is 44.4 Å². The van der Waals surface area contributed by atoms with E-state index in [4.69, 9.17) is 28.9 Å². The number of nitrogens with one attached hydrogen (secondary N) is 3. The van der Waals surface area contributed by atoms with Crippen molar-refractivity contribution in [1.82, 2.24) is 29.8 Å². The Kier molecular flexibility index (Phi) is 19.7. The van der Waals surface area contributed by atoms with Crippen LogP contribution in [0.3, 0.4) is 0 Å². The Morgan fingerprint density at radius 1 is 0.696 bits per heavy atom. The minimum Gasteiger partial charge on any atom is -0.494 e. The van der Waals surface area contributed by atoms with Crippen LogP contribution in [0, 0.1) is 20.8 Å². The number of fused-ring (bicyclic) bond motifs is 8. The van der Waals surface area contributed by atoms with Crippen molar-refractivity contribution in [2.75, 3.05) is 6.61 Å². The highest BCUT2D eigenvalue weighted by Gasteiger charge is 2.39. The maximum atomic E-state index is 14.9. The van der Waals surface area contributed by atoms with Gasteiger partial charge in [-0.25, -0.2) is 4.98 Å². The summed E-state index contributed by atoms with van der Waals surface area (Å²) in [7, 11) is 0. The van der Waals surface area contributed by atoms with E-state index >= 15 is 0 Å². The van der Waals surface area contributed by atoms with Crippen molar-refractivity contribution in [3.8, 4) is 23.0 Å². The summed E-state index contributed by atoms with van der Waals surface area (Å²) in [6.45, 7) is 33.6. The zero-order valence-corrected chi connectivity index (χ0v) is 50.6. The van der Waals surface area contributed by atoms with Crippen LogP contribution >= 0.6 is 0 Å². The van der Waals surface area contributed by atoms with Gasteiger partial charge in [-0.2, -0.15) is 0 Å². The van der Waals surface area contributed by atoms with Crippen LogP contribution in [0.5, 0.6) is 11.8 Å². The van der Waals surface area contributed by atoms with Gasteiger partial charge in [-0.15, -0.1) is 0 Å². The molecule has 1 amide bonds. The molecule has 16 nitrogen and oxygen atoms in total. The van der Waals surface area contributed by atoms with Gasteiger partial charge in [0.05, 0.1) is 34.0 Å². The Hall–Kier alpha value is -6.16. The summed E-state index contributed by atoms with van der Waals surface area (Å²) in [5.74, 6) is -2.85. The average Bonchev–Trinajstić information content (AvgIpc) is 4.13. The van der Waals surface area contributed by atoms with Gasteiger partial charge in [0.2, 0.25) is 17.7 Å². The third-order valence-corrected chi connectivity index (χ3v) is 15.2. The van der Waals surface area contributed by atoms with E-state index in [1.165, 1.54) is 0 Å². The van der Waals surface area contributed by atoms with E-state index in [-0.39, 0.29) is 81.1 Å². The fourth-order valence-corrected chi connectivity index (χ4v) is 11.1. The number of aromatic hydroxyl groups is 2. The molecule has 0 saturated carbocycles. The summed E-state index contributed by atoms with van der Waals surface area (Å²) in [4.78, 5) is 73.4. The molecule has 3 aliphatic rings. The van der Waals surface area contributed by atoms with Gasteiger partial charge in [-0.1, -0.05) is 40.5 Å². The van der Waals surface area contributed by atoms with Crippen molar-refractivity contribution in [2.45, 2.75) is 248 Å². The van der Waals surface area contributed by atoms with E-state index < -0.39 is 46.2 Å². The molecule has 3 aliphatic heterocycles. The minimum absolute atomic E-state index is 0.0375. The van der Waals surface area contributed by atoms with Crippen LogP contribution in [-0.2, 0) is 51.1 Å². The lowest BCUT2D eigenvalue weighted by Crippen LogP contribution is -2.50. The molecule has 3 atom stereocenters. The molecule has 3 aromatic rings. The first-order chi connectivity index (χ1) is 36.9.